The standard InChI is InChI=1S/C28H33N3O9/c1-6-40-17(32)8-7-12-11-16(30(2)3)14-9-13-10-15-21(31(4)5)24(35)20(27(29)38)26(37)28(15,39)25(36)18(13)23(34)19(14)22(12)33/h7-8,11,13,15,21,33,35-36,39H,6,9-10H2,1-5H3,(H2,29,38)/b8-7+/t13-,15-,21?,28-/m1/s1. The van der Waals surface area contributed by atoms with E-state index in [-0.39, 0.29) is 36.1 Å². The predicted molar refractivity (Wildman–Crippen MR) is 144 cm³/mol. The Kier molecular flexibility index (Phi) is 7.28. The van der Waals surface area contributed by atoms with Crippen LogP contribution < -0.4 is 10.6 Å². The Morgan fingerprint density at radius 1 is 1.18 bits per heavy atom. The fourth-order valence-corrected chi connectivity index (χ4v) is 6.19. The number of carbonyl (C=O) groups is 4. The molecule has 1 aromatic carbocycles. The van der Waals surface area contributed by atoms with Crippen molar-refractivity contribution in [3.8, 4) is 5.75 Å². The molecule has 0 aromatic heterocycles. The van der Waals surface area contributed by atoms with Gasteiger partial charge in [0, 0.05) is 42.9 Å². The monoisotopic (exact) mass is 555 g/mol. The van der Waals surface area contributed by atoms with Crippen molar-refractivity contribution < 1.29 is 44.3 Å². The van der Waals surface area contributed by atoms with Crippen LogP contribution in [-0.4, -0.2) is 95.2 Å². The number of anilines is 1. The highest BCUT2D eigenvalue weighted by Crippen LogP contribution is 2.53. The van der Waals surface area contributed by atoms with Crippen molar-refractivity contribution in [3.05, 3.63) is 51.5 Å². The van der Waals surface area contributed by atoms with Crippen LogP contribution in [0.5, 0.6) is 5.75 Å². The van der Waals surface area contributed by atoms with Crippen LogP contribution in [0.25, 0.3) is 6.08 Å². The number of aliphatic hydroxyl groups excluding tert-OH is 2. The van der Waals surface area contributed by atoms with E-state index < -0.39 is 69.8 Å². The van der Waals surface area contributed by atoms with E-state index in [9.17, 15) is 39.6 Å². The molecular formula is C28H33N3O9. The topological polar surface area (TPSA) is 191 Å². The number of hydrogen-bond acceptors (Lipinski definition) is 11. The van der Waals surface area contributed by atoms with Crippen molar-refractivity contribution in [3.63, 3.8) is 0 Å². The number of aliphatic hydroxyl groups is 3. The lowest BCUT2D eigenvalue weighted by atomic mass is 9.58. The Labute approximate surface area is 230 Å². The minimum absolute atomic E-state index is 0.0100. The number of fused-ring (bicyclic) bond motifs is 3. The first-order valence-corrected chi connectivity index (χ1v) is 12.7. The molecule has 12 heteroatoms. The second-order valence-electron chi connectivity index (χ2n) is 10.6. The number of rotatable bonds is 6. The summed E-state index contributed by atoms with van der Waals surface area (Å²) in [5, 5.41) is 45.2. The number of esters is 1. The van der Waals surface area contributed by atoms with Gasteiger partial charge in [-0.2, -0.15) is 0 Å². The molecule has 214 valence electrons. The highest BCUT2D eigenvalue weighted by molar-refractivity contribution is 6.25. The minimum Gasteiger partial charge on any atom is -0.510 e. The first-order chi connectivity index (χ1) is 18.7. The number of likely N-dealkylation sites (N-methyl/N-ethyl adjacent to an activating group) is 1. The third-order valence-corrected chi connectivity index (χ3v) is 7.90. The van der Waals surface area contributed by atoms with Gasteiger partial charge in [0.25, 0.3) is 5.91 Å². The molecule has 3 aliphatic carbocycles. The minimum atomic E-state index is -2.72. The average Bonchev–Trinajstić information content (AvgIpc) is 2.85. The van der Waals surface area contributed by atoms with Gasteiger partial charge in [-0.15, -0.1) is 0 Å². The number of nitrogens with two attached hydrogens (primary N) is 1. The zero-order valence-corrected chi connectivity index (χ0v) is 22.9. The first-order valence-electron chi connectivity index (χ1n) is 12.7. The van der Waals surface area contributed by atoms with Gasteiger partial charge in [0.1, 0.15) is 22.8 Å². The van der Waals surface area contributed by atoms with Gasteiger partial charge in [-0.3, -0.25) is 19.3 Å². The van der Waals surface area contributed by atoms with Gasteiger partial charge in [0.05, 0.1) is 18.2 Å². The maximum Gasteiger partial charge on any atom is 0.330 e. The zero-order valence-electron chi connectivity index (χ0n) is 22.9. The molecule has 0 radical (unpaired) electrons. The summed E-state index contributed by atoms with van der Waals surface area (Å²) in [4.78, 5) is 54.6. The number of hydrogen-bond donors (Lipinski definition) is 5. The van der Waals surface area contributed by atoms with Gasteiger partial charge in [-0.25, -0.2) is 4.79 Å². The van der Waals surface area contributed by atoms with Crippen molar-refractivity contribution in [2.75, 3.05) is 39.7 Å². The average molecular weight is 556 g/mol. The third-order valence-electron chi connectivity index (χ3n) is 7.90. The van der Waals surface area contributed by atoms with E-state index in [1.54, 1.807) is 46.1 Å². The highest BCUT2D eigenvalue weighted by atomic mass is 16.5. The smallest absolute Gasteiger partial charge is 0.330 e. The number of allylic oxidation sites excluding steroid dienone is 1. The molecule has 1 amide bonds. The van der Waals surface area contributed by atoms with Crippen molar-refractivity contribution in [1.82, 2.24) is 4.90 Å². The van der Waals surface area contributed by atoms with E-state index in [2.05, 4.69) is 0 Å². The fourth-order valence-electron chi connectivity index (χ4n) is 6.19. The van der Waals surface area contributed by atoms with Crippen LogP contribution in [0.1, 0.15) is 34.8 Å². The number of carbonyl (C=O) groups excluding carboxylic acids is 4. The van der Waals surface area contributed by atoms with Gasteiger partial charge in [0.2, 0.25) is 5.78 Å². The van der Waals surface area contributed by atoms with Crippen molar-refractivity contribution in [1.29, 1.82) is 0 Å². The Hall–Kier alpha value is -4.16. The Bertz CT molecular complexity index is 1420. The van der Waals surface area contributed by atoms with Crippen LogP contribution in [0.15, 0.2) is 34.8 Å². The van der Waals surface area contributed by atoms with Gasteiger partial charge >= 0.3 is 5.97 Å². The molecule has 3 aliphatic rings. The van der Waals surface area contributed by atoms with Crippen LogP contribution in [0.4, 0.5) is 5.69 Å². The maximum absolute atomic E-state index is 14.0. The number of amides is 1. The molecule has 0 spiro atoms. The third kappa shape index (κ3) is 4.14. The van der Waals surface area contributed by atoms with Crippen molar-refractivity contribution in [2.24, 2.45) is 17.6 Å². The first kappa shape index (κ1) is 28.8. The van der Waals surface area contributed by atoms with Gasteiger partial charge in [-0.1, -0.05) is 0 Å². The van der Waals surface area contributed by atoms with E-state index in [1.807, 2.05) is 0 Å². The molecule has 0 saturated heterocycles. The van der Waals surface area contributed by atoms with E-state index in [0.29, 0.717) is 11.3 Å². The number of aromatic hydroxyl groups is 1. The molecule has 6 N–H and O–H groups in total. The lowest BCUT2D eigenvalue weighted by Gasteiger charge is -2.50. The molecule has 0 aliphatic heterocycles. The number of phenolic OH excluding ortho intramolecular Hbond substituents is 1. The number of primary amides is 1. The van der Waals surface area contributed by atoms with Crippen LogP contribution in [-0.2, 0) is 25.5 Å². The molecule has 0 heterocycles. The second-order valence-corrected chi connectivity index (χ2v) is 10.6. The Balaban J connectivity index is 1.94. The molecule has 0 bridgehead atoms. The van der Waals surface area contributed by atoms with Gasteiger partial charge in [-0.05, 0) is 57.5 Å². The van der Waals surface area contributed by atoms with E-state index in [0.717, 1.165) is 6.08 Å². The van der Waals surface area contributed by atoms with Crippen LogP contribution in [0, 0.1) is 11.8 Å². The molecule has 1 aromatic rings. The number of phenols is 1. The number of benzene rings is 1. The van der Waals surface area contributed by atoms with Crippen molar-refractivity contribution >= 4 is 35.2 Å². The summed E-state index contributed by atoms with van der Waals surface area (Å²) < 4.78 is 4.89. The summed E-state index contributed by atoms with van der Waals surface area (Å²) in [6.45, 7) is 1.79. The van der Waals surface area contributed by atoms with Gasteiger partial charge < -0.3 is 35.8 Å². The number of Topliss-reactive ketones (excluding diaryl/α,β-unsaturated/α-hetero) is 2. The molecule has 0 saturated carbocycles. The summed E-state index contributed by atoms with van der Waals surface area (Å²) in [5.74, 6) is -7.85. The predicted octanol–water partition coefficient (Wildman–Crippen LogP) is 0.763. The molecule has 1 unspecified atom stereocenters. The summed E-state index contributed by atoms with van der Waals surface area (Å²) >= 11 is 0. The van der Waals surface area contributed by atoms with E-state index in [4.69, 9.17) is 10.5 Å². The summed E-state index contributed by atoms with van der Waals surface area (Å²) in [5.41, 5.74) is 2.58. The molecule has 4 atom stereocenters. The fraction of sp³-hybridized carbons (Fsp3) is 0.429. The number of ketones is 2. The lowest BCUT2D eigenvalue weighted by Crippen LogP contribution is -2.63. The highest BCUT2D eigenvalue weighted by Gasteiger charge is 2.63. The quantitative estimate of drug-likeness (QED) is 0.189. The van der Waals surface area contributed by atoms with Gasteiger partial charge in [0.15, 0.2) is 11.4 Å². The Morgan fingerprint density at radius 2 is 1.82 bits per heavy atom. The van der Waals surface area contributed by atoms with Crippen LogP contribution >= 0.6 is 0 Å². The molecular weight excluding hydrogens is 522 g/mol. The van der Waals surface area contributed by atoms with E-state index in [1.165, 1.54) is 11.0 Å². The SMILES string of the molecule is CCOC(=O)/C=C/c1cc(N(C)C)c2c(c1O)C(=O)C1=C(O)[C@@]3(O)C(=O)C(C(N)=O)=C(O)C(N(C)C)[C@H]3C[C@H]1C2. The normalized spacial score (nSPS) is 26.1. The second kappa shape index (κ2) is 10.1. The zero-order chi connectivity index (χ0) is 29.8. The Morgan fingerprint density at radius 3 is 2.38 bits per heavy atom. The number of ether oxygens (including phenoxy) is 1. The lowest BCUT2D eigenvalue weighted by molar-refractivity contribution is -0.148. The van der Waals surface area contributed by atoms with E-state index >= 15 is 0 Å². The number of nitrogens with zero attached hydrogens (tertiary/aromatic N) is 2. The van der Waals surface area contributed by atoms with Crippen LogP contribution in [0.2, 0.25) is 0 Å². The van der Waals surface area contributed by atoms with Crippen LogP contribution in [0.3, 0.4) is 0 Å². The molecule has 4 rings (SSSR count). The molecule has 0 fully saturated rings. The summed E-state index contributed by atoms with van der Waals surface area (Å²) in [7, 11) is 6.63. The maximum atomic E-state index is 14.0. The largest absolute Gasteiger partial charge is 0.510 e. The molecule has 40 heavy (non-hydrogen) atoms. The summed E-state index contributed by atoms with van der Waals surface area (Å²) in [6.07, 6.45) is 2.55. The molecule has 12 nitrogen and oxygen atoms in total. The van der Waals surface area contributed by atoms with Crippen molar-refractivity contribution in [2.45, 2.75) is 31.4 Å². The summed E-state index contributed by atoms with van der Waals surface area (Å²) in [6, 6.07) is 0.549.